The molecule has 116 valence electrons. The molecule has 2 aromatic carbocycles. The third-order valence-electron chi connectivity index (χ3n) is 3.15. The summed E-state index contributed by atoms with van der Waals surface area (Å²) in [5.74, 6) is -0.638. The second-order valence-electron chi connectivity index (χ2n) is 4.76. The van der Waals surface area contributed by atoms with Crippen LogP contribution in [0.25, 0.3) is 0 Å². The normalized spacial score (nSPS) is 13.5. The summed E-state index contributed by atoms with van der Waals surface area (Å²) in [6, 6.07) is 12.9. The van der Waals surface area contributed by atoms with Gasteiger partial charge in [-0.25, -0.2) is 0 Å². The van der Waals surface area contributed by atoms with Gasteiger partial charge in [0.05, 0.1) is 12.6 Å². The van der Waals surface area contributed by atoms with Crippen molar-refractivity contribution in [2.75, 3.05) is 6.61 Å². The van der Waals surface area contributed by atoms with Crippen LogP contribution in [-0.4, -0.2) is 22.7 Å². The first-order valence-electron chi connectivity index (χ1n) is 6.61. The number of carbonyl (C=O) groups excluding carboxylic acids is 1. The summed E-state index contributed by atoms with van der Waals surface area (Å²) in [4.78, 5) is 12.2. The first-order chi connectivity index (χ1) is 10.5. The smallest absolute Gasteiger partial charge is 0.254 e. The lowest BCUT2D eigenvalue weighted by atomic mass is 10.1. The topological polar surface area (TPSA) is 69.6 Å². The molecule has 4 nitrogen and oxygen atoms in total. The zero-order valence-electron chi connectivity index (χ0n) is 11.5. The van der Waals surface area contributed by atoms with Crippen LogP contribution >= 0.6 is 23.2 Å². The third-order valence-corrected chi connectivity index (χ3v) is 3.59. The molecule has 6 heteroatoms. The van der Waals surface area contributed by atoms with Crippen molar-refractivity contribution in [1.82, 2.24) is 5.32 Å². The zero-order chi connectivity index (χ0) is 16.1. The molecule has 2 aromatic rings. The van der Waals surface area contributed by atoms with Crippen LogP contribution in [0.1, 0.15) is 23.3 Å². The summed E-state index contributed by atoms with van der Waals surface area (Å²) in [6.07, 6.45) is -1.42. The summed E-state index contributed by atoms with van der Waals surface area (Å²) in [6.45, 7) is -0.279. The standard InChI is InChI=1S/C16H15Cl2NO3/c17-12-6-11(7-13(18)8-12)15(21)16(22)19-14(9-20)10-4-2-1-3-5-10/h1-8,14-15,20-21H,9H2,(H,19,22)/t14-,15-/m0/s1. The number of rotatable bonds is 5. The first kappa shape index (κ1) is 16.8. The molecule has 0 saturated heterocycles. The number of hydrogen-bond acceptors (Lipinski definition) is 3. The molecule has 0 unspecified atom stereocenters. The van der Waals surface area contributed by atoms with Crippen molar-refractivity contribution in [3.63, 3.8) is 0 Å². The van der Waals surface area contributed by atoms with Crippen LogP contribution in [0, 0.1) is 0 Å². The number of nitrogens with one attached hydrogen (secondary N) is 1. The second kappa shape index (κ2) is 7.61. The lowest BCUT2D eigenvalue weighted by molar-refractivity contribution is -0.130. The lowest BCUT2D eigenvalue weighted by Gasteiger charge is -2.19. The molecule has 0 aliphatic heterocycles. The van der Waals surface area contributed by atoms with E-state index in [2.05, 4.69) is 5.32 Å². The predicted molar refractivity (Wildman–Crippen MR) is 85.8 cm³/mol. The number of aliphatic hydroxyl groups excluding tert-OH is 2. The molecule has 3 N–H and O–H groups in total. The Kier molecular flexibility index (Phi) is 5.80. The van der Waals surface area contributed by atoms with Crippen LogP contribution in [0.5, 0.6) is 0 Å². The molecule has 0 saturated carbocycles. The van der Waals surface area contributed by atoms with Crippen LogP contribution in [0.15, 0.2) is 48.5 Å². The van der Waals surface area contributed by atoms with E-state index in [-0.39, 0.29) is 6.61 Å². The Morgan fingerprint density at radius 3 is 2.18 bits per heavy atom. The minimum atomic E-state index is -1.42. The maximum atomic E-state index is 12.2. The molecular weight excluding hydrogens is 325 g/mol. The molecule has 0 aliphatic carbocycles. The fourth-order valence-electron chi connectivity index (χ4n) is 2.05. The van der Waals surface area contributed by atoms with Crippen LogP contribution in [0.3, 0.4) is 0 Å². The van der Waals surface area contributed by atoms with Gasteiger partial charge in [0, 0.05) is 10.0 Å². The minimum absolute atomic E-state index is 0.279. The van der Waals surface area contributed by atoms with Gasteiger partial charge in [0.2, 0.25) is 0 Å². The SMILES string of the molecule is O=C(N[C@@H](CO)c1ccccc1)[C@@H](O)c1cc(Cl)cc(Cl)c1. The van der Waals surface area contributed by atoms with Gasteiger partial charge in [0.1, 0.15) is 0 Å². The van der Waals surface area contributed by atoms with Gasteiger partial charge in [-0.3, -0.25) is 4.79 Å². The van der Waals surface area contributed by atoms with E-state index in [1.807, 2.05) is 6.07 Å². The van der Waals surface area contributed by atoms with E-state index < -0.39 is 18.1 Å². The predicted octanol–water partition coefficient (Wildman–Crippen LogP) is 2.88. The van der Waals surface area contributed by atoms with Gasteiger partial charge in [0.15, 0.2) is 6.10 Å². The van der Waals surface area contributed by atoms with E-state index in [9.17, 15) is 15.0 Å². The van der Waals surface area contributed by atoms with Crippen molar-refractivity contribution in [3.05, 3.63) is 69.7 Å². The number of aliphatic hydroxyl groups is 2. The highest BCUT2D eigenvalue weighted by atomic mass is 35.5. The molecule has 2 rings (SSSR count). The average Bonchev–Trinajstić information content (AvgIpc) is 2.51. The van der Waals surface area contributed by atoms with E-state index in [4.69, 9.17) is 23.2 Å². The number of hydrogen-bond donors (Lipinski definition) is 3. The molecule has 0 aliphatic rings. The van der Waals surface area contributed by atoms with E-state index in [0.29, 0.717) is 15.6 Å². The quantitative estimate of drug-likeness (QED) is 0.784. The molecule has 0 radical (unpaired) electrons. The molecule has 0 fully saturated rings. The van der Waals surface area contributed by atoms with E-state index in [1.54, 1.807) is 24.3 Å². The zero-order valence-corrected chi connectivity index (χ0v) is 13.1. The molecule has 2 atom stereocenters. The Balaban J connectivity index is 2.13. The van der Waals surface area contributed by atoms with Crippen molar-refractivity contribution in [3.8, 4) is 0 Å². The van der Waals surface area contributed by atoms with Gasteiger partial charge in [-0.1, -0.05) is 53.5 Å². The van der Waals surface area contributed by atoms with Crippen molar-refractivity contribution in [2.45, 2.75) is 12.1 Å². The van der Waals surface area contributed by atoms with Crippen LogP contribution in [0.2, 0.25) is 10.0 Å². The lowest BCUT2D eigenvalue weighted by Crippen LogP contribution is -2.34. The highest BCUT2D eigenvalue weighted by Gasteiger charge is 2.22. The molecule has 1 amide bonds. The molecule has 0 spiro atoms. The van der Waals surface area contributed by atoms with E-state index in [1.165, 1.54) is 18.2 Å². The van der Waals surface area contributed by atoms with Crippen LogP contribution < -0.4 is 5.32 Å². The number of benzene rings is 2. The van der Waals surface area contributed by atoms with Gasteiger partial charge >= 0.3 is 0 Å². The second-order valence-corrected chi connectivity index (χ2v) is 5.63. The fraction of sp³-hybridized carbons (Fsp3) is 0.188. The van der Waals surface area contributed by atoms with E-state index in [0.717, 1.165) is 5.56 Å². The number of amides is 1. The number of halogens is 2. The molecule has 0 bridgehead atoms. The number of carbonyl (C=O) groups is 1. The van der Waals surface area contributed by atoms with Gasteiger partial charge < -0.3 is 15.5 Å². The highest BCUT2D eigenvalue weighted by Crippen LogP contribution is 2.24. The fourth-order valence-corrected chi connectivity index (χ4v) is 2.60. The Morgan fingerprint density at radius 2 is 1.64 bits per heavy atom. The maximum Gasteiger partial charge on any atom is 0.254 e. The largest absolute Gasteiger partial charge is 0.394 e. The summed E-state index contributed by atoms with van der Waals surface area (Å²) < 4.78 is 0. The van der Waals surface area contributed by atoms with Crippen molar-refractivity contribution >= 4 is 29.1 Å². The Hall–Kier alpha value is -1.59. The van der Waals surface area contributed by atoms with Gasteiger partial charge in [-0.05, 0) is 29.3 Å². The van der Waals surface area contributed by atoms with Crippen molar-refractivity contribution < 1.29 is 15.0 Å². The maximum absolute atomic E-state index is 12.2. The van der Waals surface area contributed by atoms with Crippen molar-refractivity contribution in [1.29, 1.82) is 0 Å². The van der Waals surface area contributed by atoms with Crippen LogP contribution in [-0.2, 0) is 4.79 Å². The Morgan fingerprint density at radius 1 is 1.05 bits per heavy atom. The first-order valence-corrected chi connectivity index (χ1v) is 7.37. The van der Waals surface area contributed by atoms with Crippen LogP contribution in [0.4, 0.5) is 0 Å². The highest BCUT2D eigenvalue weighted by molar-refractivity contribution is 6.34. The third kappa shape index (κ3) is 4.21. The molecule has 22 heavy (non-hydrogen) atoms. The summed E-state index contributed by atoms with van der Waals surface area (Å²) in [5.41, 5.74) is 1.04. The average molecular weight is 340 g/mol. The minimum Gasteiger partial charge on any atom is -0.394 e. The van der Waals surface area contributed by atoms with Gasteiger partial charge in [0.25, 0.3) is 5.91 Å². The molecule has 0 heterocycles. The summed E-state index contributed by atoms with van der Waals surface area (Å²) >= 11 is 11.7. The van der Waals surface area contributed by atoms with Crippen molar-refractivity contribution in [2.24, 2.45) is 0 Å². The summed E-state index contributed by atoms with van der Waals surface area (Å²) in [7, 11) is 0. The summed E-state index contributed by atoms with van der Waals surface area (Å²) in [5, 5.41) is 22.8. The Bertz CT molecular complexity index is 629. The molecular formula is C16H15Cl2NO3. The Labute approximate surface area is 138 Å². The van der Waals surface area contributed by atoms with E-state index >= 15 is 0 Å². The monoisotopic (exact) mass is 339 g/mol. The van der Waals surface area contributed by atoms with Gasteiger partial charge in [-0.15, -0.1) is 0 Å². The van der Waals surface area contributed by atoms with Gasteiger partial charge in [-0.2, -0.15) is 0 Å². The molecule has 0 aromatic heterocycles.